The highest BCUT2D eigenvalue weighted by Gasteiger charge is 2.29. The molecule has 2 rings (SSSR count). The SMILES string of the molecule is CCOC(=O)C(=O)CC(=O)c1cccc2c1OC(O)NC2C. The van der Waals surface area contributed by atoms with Crippen LogP contribution in [0.4, 0.5) is 0 Å². The van der Waals surface area contributed by atoms with Crippen LogP contribution >= 0.6 is 0 Å². The quantitative estimate of drug-likeness (QED) is 0.357. The second kappa shape index (κ2) is 6.67. The summed E-state index contributed by atoms with van der Waals surface area (Å²) < 4.78 is 9.81. The number of aliphatic hydroxyl groups is 1. The maximum Gasteiger partial charge on any atom is 0.375 e. The van der Waals surface area contributed by atoms with Gasteiger partial charge in [0, 0.05) is 11.6 Å². The van der Waals surface area contributed by atoms with Crippen LogP contribution in [0.25, 0.3) is 0 Å². The van der Waals surface area contributed by atoms with Gasteiger partial charge < -0.3 is 14.6 Å². The molecule has 22 heavy (non-hydrogen) atoms. The minimum atomic E-state index is -1.24. The zero-order valence-corrected chi connectivity index (χ0v) is 12.3. The van der Waals surface area contributed by atoms with Gasteiger partial charge in [0.15, 0.2) is 5.78 Å². The van der Waals surface area contributed by atoms with Gasteiger partial charge >= 0.3 is 5.97 Å². The molecule has 0 aromatic heterocycles. The summed E-state index contributed by atoms with van der Waals surface area (Å²) in [6.45, 7) is 3.45. The average Bonchev–Trinajstić information content (AvgIpc) is 2.46. The Kier molecular flexibility index (Phi) is 4.89. The predicted molar refractivity (Wildman–Crippen MR) is 75.2 cm³/mol. The van der Waals surface area contributed by atoms with E-state index in [0.29, 0.717) is 5.56 Å². The van der Waals surface area contributed by atoms with Crippen molar-refractivity contribution in [3.8, 4) is 5.75 Å². The molecule has 0 saturated carbocycles. The van der Waals surface area contributed by atoms with Crippen molar-refractivity contribution in [3.63, 3.8) is 0 Å². The monoisotopic (exact) mass is 307 g/mol. The summed E-state index contributed by atoms with van der Waals surface area (Å²) in [4.78, 5) is 35.2. The van der Waals surface area contributed by atoms with Crippen LogP contribution in [-0.4, -0.2) is 35.7 Å². The molecule has 7 nitrogen and oxygen atoms in total. The number of nitrogens with one attached hydrogen (secondary N) is 1. The van der Waals surface area contributed by atoms with E-state index in [0.717, 1.165) is 0 Å². The summed E-state index contributed by atoms with van der Waals surface area (Å²) in [6.07, 6.45) is -1.84. The van der Waals surface area contributed by atoms with Gasteiger partial charge in [-0.3, -0.25) is 14.9 Å². The first-order valence-corrected chi connectivity index (χ1v) is 6.90. The molecule has 0 saturated heterocycles. The fourth-order valence-electron chi connectivity index (χ4n) is 2.22. The molecule has 2 atom stereocenters. The number of carbonyl (C=O) groups is 3. The van der Waals surface area contributed by atoms with E-state index in [4.69, 9.17) is 4.74 Å². The van der Waals surface area contributed by atoms with Crippen LogP contribution in [0.1, 0.15) is 42.2 Å². The Morgan fingerprint density at radius 1 is 1.36 bits per heavy atom. The Balaban J connectivity index is 2.23. The summed E-state index contributed by atoms with van der Waals surface area (Å²) in [5.74, 6) is -2.28. The van der Waals surface area contributed by atoms with Gasteiger partial charge in [-0.25, -0.2) is 4.79 Å². The van der Waals surface area contributed by atoms with E-state index in [9.17, 15) is 19.5 Å². The molecule has 1 aliphatic heterocycles. The first-order valence-electron chi connectivity index (χ1n) is 6.90. The van der Waals surface area contributed by atoms with Gasteiger partial charge in [-0.1, -0.05) is 12.1 Å². The molecular weight excluding hydrogens is 290 g/mol. The van der Waals surface area contributed by atoms with Crippen LogP contribution in [0.3, 0.4) is 0 Å². The summed E-state index contributed by atoms with van der Waals surface area (Å²) in [7, 11) is 0. The van der Waals surface area contributed by atoms with E-state index in [1.54, 1.807) is 19.1 Å². The van der Waals surface area contributed by atoms with E-state index in [-0.39, 0.29) is 24.0 Å². The van der Waals surface area contributed by atoms with Crippen molar-refractivity contribution in [2.24, 2.45) is 0 Å². The first kappa shape index (κ1) is 16.1. The largest absolute Gasteiger partial charge is 0.460 e. The van der Waals surface area contributed by atoms with Crippen LogP contribution in [-0.2, 0) is 14.3 Å². The maximum atomic E-state index is 12.2. The van der Waals surface area contributed by atoms with Crippen molar-refractivity contribution in [3.05, 3.63) is 29.3 Å². The predicted octanol–water partition coefficient (Wildman–Crippen LogP) is 0.711. The number of rotatable bonds is 5. The Labute approximate surface area is 127 Å². The smallest absolute Gasteiger partial charge is 0.375 e. The van der Waals surface area contributed by atoms with Crippen molar-refractivity contribution in [2.75, 3.05) is 6.61 Å². The van der Waals surface area contributed by atoms with Crippen LogP contribution in [0.15, 0.2) is 18.2 Å². The molecule has 118 valence electrons. The first-order chi connectivity index (χ1) is 10.4. The van der Waals surface area contributed by atoms with E-state index in [1.807, 2.05) is 6.92 Å². The number of carbonyl (C=O) groups excluding carboxylic acids is 3. The van der Waals surface area contributed by atoms with Gasteiger partial charge in [0.05, 0.1) is 18.6 Å². The zero-order valence-electron chi connectivity index (χ0n) is 12.3. The van der Waals surface area contributed by atoms with Gasteiger partial charge in [-0.05, 0) is 19.9 Å². The lowest BCUT2D eigenvalue weighted by Crippen LogP contribution is -2.40. The van der Waals surface area contributed by atoms with Crippen LogP contribution in [0, 0.1) is 0 Å². The number of Topliss-reactive ketones (excluding diaryl/α,β-unsaturated/α-hetero) is 2. The second-order valence-corrected chi connectivity index (χ2v) is 4.83. The Morgan fingerprint density at radius 3 is 2.77 bits per heavy atom. The molecule has 1 heterocycles. The fourth-order valence-corrected chi connectivity index (χ4v) is 2.22. The normalized spacial score (nSPS) is 19.8. The molecule has 0 bridgehead atoms. The number of benzene rings is 1. The third kappa shape index (κ3) is 3.32. The van der Waals surface area contributed by atoms with Crippen molar-refractivity contribution in [1.29, 1.82) is 0 Å². The van der Waals surface area contributed by atoms with Crippen molar-refractivity contribution in [1.82, 2.24) is 5.32 Å². The molecule has 0 aliphatic carbocycles. The van der Waals surface area contributed by atoms with Gasteiger partial charge in [-0.15, -0.1) is 0 Å². The topological polar surface area (TPSA) is 102 Å². The van der Waals surface area contributed by atoms with Gasteiger partial charge in [0.1, 0.15) is 5.75 Å². The minimum absolute atomic E-state index is 0.0674. The number of fused-ring (bicyclic) bond motifs is 1. The number of para-hydroxylation sites is 1. The summed E-state index contributed by atoms with van der Waals surface area (Å²) in [5, 5.41) is 12.3. The number of hydrogen-bond donors (Lipinski definition) is 2. The Bertz CT molecular complexity index is 612. The Morgan fingerprint density at radius 2 is 2.09 bits per heavy atom. The lowest BCUT2D eigenvalue weighted by atomic mass is 9.97. The molecule has 1 aliphatic rings. The van der Waals surface area contributed by atoms with Crippen LogP contribution in [0.5, 0.6) is 5.75 Å². The van der Waals surface area contributed by atoms with E-state index < -0.39 is 30.4 Å². The molecule has 0 fully saturated rings. The maximum absolute atomic E-state index is 12.2. The third-order valence-corrected chi connectivity index (χ3v) is 3.26. The minimum Gasteiger partial charge on any atom is -0.460 e. The standard InChI is InChI=1S/C15H17NO6/c1-3-21-14(19)12(18)7-11(17)10-6-4-5-9-8(2)16-15(20)22-13(9)10/h4-6,8,15-16,20H,3,7H2,1-2H3. The number of esters is 1. The number of ether oxygens (including phenoxy) is 2. The molecule has 0 radical (unpaired) electrons. The highest BCUT2D eigenvalue weighted by atomic mass is 16.6. The summed E-state index contributed by atoms with van der Waals surface area (Å²) >= 11 is 0. The molecule has 1 aromatic carbocycles. The number of hydrogen-bond acceptors (Lipinski definition) is 7. The zero-order chi connectivity index (χ0) is 16.3. The lowest BCUT2D eigenvalue weighted by Gasteiger charge is -2.29. The lowest BCUT2D eigenvalue weighted by molar-refractivity contribution is -0.153. The van der Waals surface area contributed by atoms with Crippen molar-refractivity contribution >= 4 is 17.5 Å². The van der Waals surface area contributed by atoms with E-state index in [1.165, 1.54) is 6.07 Å². The number of aliphatic hydroxyl groups excluding tert-OH is 1. The molecule has 1 aromatic rings. The van der Waals surface area contributed by atoms with Crippen LogP contribution < -0.4 is 10.1 Å². The number of ketones is 2. The molecular formula is C15H17NO6. The Hall–Kier alpha value is -2.25. The summed E-state index contributed by atoms with van der Waals surface area (Å²) in [5.41, 5.74) is 0.849. The highest BCUT2D eigenvalue weighted by Crippen LogP contribution is 2.33. The molecule has 0 amide bonds. The van der Waals surface area contributed by atoms with E-state index >= 15 is 0 Å². The molecule has 7 heteroatoms. The van der Waals surface area contributed by atoms with Crippen molar-refractivity contribution in [2.45, 2.75) is 32.7 Å². The molecule has 2 unspecified atom stereocenters. The molecule has 2 N–H and O–H groups in total. The van der Waals surface area contributed by atoms with E-state index in [2.05, 4.69) is 10.1 Å². The van der Waals surface area contributed by atoms with Gasteiger partial charge in [0.25, 0.3) is 6.41 Å². The highest BCUT2D eigenvalue weighted by molar-refractivity contribution is 6.38. The van der Waals surface area contributed by atoms with Crippen LogP contribution in [0.2, 0.25) is 0 Å². The third-order valence-electron chi connectivity index (χ3n) is 3.26. The second-order valence-electron chi connectivity index (χ2n) is 4.83. The summed E-state index contributed by atoms with van der Waals surface area (Å²) in [6, 6.07) is 4.68. The fraction of sp³-hybridized carbons (Fsp3) is 0.400. The van der Waals surface area contributed by atoms with Crippen molar-refractivity contribution < 1.29 is 29.0 Å². The molecule has 0 spiro atoms. The van der Waals surface area contributed by atoms with Gasteiger partial charge in [-0.2, -0.15) is 0 Å². The van der Waals surface area contributed by atoms with Gasteiger partial charge in [0.2, 0.25) is 5.78 Å². The average molecular weight is 307 g/mol.